The third-order valence-corrected chi connectivity index (χ3v) is 2.98. The molecule has 0 unspecified atom stereocenters. The van der Waals surface area contributed by atoms with Crippen molar-refractivity contribution in [1.29, 1.82) is 0 Å². The van der Waals surface area contributed by atoms with E-state index in [4.69, 9.17) is 13.6 Å². The smallest absolute Gasteiger partial charge is 0.417 e. The lowest BCUT2D eigenvalue weighted by Crippen LogP contribution is -2.11. The minimum Gasteiger partial charge on any atom is -0.486 e. The maximum Gasteiger partial charge on any atom is 0.417 e. The topological polar surface area (TPSA) is 52.6 Å². The first-order chi connectivity index (χ1) is 10.4. The van der Waals surface area contributed by atoms with Crippen LogP contribution in [0.2, 0.25) is 0 Å². The second kappa shape index (κ2) is 5.25. The normalized spacial score (nSPS) is 11.8. The number of alkyl halides is 3. The van der Waals surface area contributed by atoms with Gasteiger partial charge in [-0.2, -0.15) is 13.2 Å². The van der Waals surface area contributed by atoms with Crippen LogP contribution >= 0.6 is 0 Å². The van der Waals surface area contributed by atoms with Crippen molar-refractivity contribution in [1.82, 2.24) is 0 Å². The predicted molar refractivity (Wildman–Crippen MR) is 70.5 cm³/mol. The van der Waals surface area contributed by atoms with Gasteiger partial charge in [0.15, 0.2) is 0 Å². The van der Waals surface area contributed by atoms with Gasteiger partial charge in [0.2, 0.25) is 0 Å². The zero-order valence-electron chi connectivity index (χ0n) is 11.0. The highest BCUT2D eigenvalue weighted by Crippen LogP contribution is 2.34. The molecule has 2 heterocycles. The average molecular weight is 310 g/mol. The Morgan fingerprint density at radius 1 is 1.14 bits per heavy atom. The van der Waals surface area contributed by atoms with Gasteiger partial charge in [-0.05, 0) is 24.3 Å². The van der Waals surface area contributed by atoms with Crippen molar-refractivity contribution >= 4 is 11.0 Å². The summed E-state index contributed by atoms with van der Waals surface area (Å²) in [7, 11) is 0. The summed E-state index contributed by atoms with van der Waals surface area (Å²) in [5.74, 6) is 0.831. The van der Waals surface area contributed by atoms with E-state index in [1.807, 2.05) is 0 Å². The molecule has 2 aromatic heterocycles. The van der Waals surface area contributed by atoms with Gasteiger partial charge >= 0.3 is 11.8 Å². The molecule has 0 N–H and O–H groups in total. The van der Waals surface area contributed by atoms with E-state index in [1.54, 1.807) is 12.1 Å². The van der Waals surface area contributed by atoms with Crippen molar-refractivity contribution < 1.29 is 26.7 Å². The summed E-state index contributed by atoms with van der Waals surface area (Å²) >= 11 is 0. The van der Waals surface area contributed by atoms with Crippen LogP contribution in [0.3, 0.4) is 0 Å². The lowest BCUT2D eigenvalue weighted by Gasteiger charge is -2.10. The summed E-state index contributed by atoms with van der Waals surface area (Å²) in [6.07, 6.45) is -3.15. The van der Waals surface area contributed by atoms with E-state index in [0.717, 1.165) is 0 Å². The SMILES string of the molecule is O=c1cc(C(F)(F)F)c2ccc(OCc3ccco3)cc2o1. The molecular formula is C15H9F3O4. The van der Waals surface area contributed by atoms with Crippen molar-refractivity contribution in [2.24, 2.45) is 0 Å². The van der Waals surface area contributed by atoms with Gasteiger partial charge in [0.05, 0.1) is 11.8 Å². The number of hydrogen-bond donors (Lipinski definition) is 0. The lowest BCUT2D eigenvalue weighted by atomic mass is 10.1. The van der Waals surface area contributed by atoms with E-state index >= 15 is 0 Å². The Kier molecular flexibility index (Phi) is 3.40. The molecule has 1 aromatic carbocycles. The van der Waals surface area contributed by atoms with Gasteiger partial charge in [-0.15, -0.1) is 0 Å². The fourth-order valence-electron chi connectivity index (χ4n) is 2.02. The highest BCUT2D eigenvalue weighted by molar-refractivity contribution is 5.82. The largest absolute Gasteiger partial charge is 0.486 e. The van der Waals surface area contributed by atoms with Crippen molar-refractivity contribution in [3.63, 3.8) is 0 Å². The van der Waals surface area contributed by atoms with Gasteiger partial charge in [-0.25, -0.2) is 4.79 Å². The Bertz CT molecular complexity index is 847. The van der Waals surface area contributed by atoms with Gasteiger partial charge in [0.1, 0.15) is 23.7 Å². The zero-order valence-corrected chi connectivity index (χ0v) is 11.0. The van der Waals surface area contributed by atoms with E-state index in [9.17, 15) is 18.0 Å². The van der Waals surface area contributed by atoms with E-state index < -0.39 is 17.4 Å². The van der Waals surface area contributed by atoms with E-state index in [2.05, 4.69) is 0 Å². The number of rotatable bonds is 3. The van der Waals surface area contributed by atoms with E-state index in [1.165, 1.54) is 24.5 Å². The Morgan fingerprint density at radius 2 is 1.95 bits per heavy atom. The van der Waals surface area contributed by atoms with E-state index in [-0.39, 0.29) is 23.3 Å². The maximum absolute atomic E-state index is 12.9. The molecule has 0 saturated heterocycles. The molecule has 4 nitrogen and oxygen atoms in total. The Hall–Kier alpha value is -2.70. The fourth-order valence-corrected chi connectivity index (χ4v) is 2.02. The average Bonchev–Trinajstić information content (AvgIpc) is 2.96. The van der Waals surface area contributed by atoms with Crippen LogP contribution in [0.15, 0.2) is 56.3 Å². The van der Waals surface area contributed by atoms with Gasteiger partial charge in [0.25, 0.3) is 0 Å². The highest BCUT2D eigenvalue weighted by Gasteiger charge is 2.33. The summed E-state index contributed by atoms with van der Waals surface area (Å²) in [5.41, 5.74) is -2.28. The minimum atomic E-state index is -4.63. The van der Waals surface area contributed by atoms with Crippen LogP contribution in [0, 0.1) is 0 Å². The molecule has 3 rings (SSSR count). The van der Waals surface area contributed by atoms with Crippen LogP contribution in [0.1, 0.15) is 11.3 Å². The molecule has 22 heavy (non-hydrogen) atoms. The maximum atomic E-state index is 12.9. The monoisotopic (exact) mass is 310 g/mol. The molecule has 0 radical (unpaired) electrons. The quantitative estimate of drug-likeness (QED) is 0.687. The number of fused-ring (bicyclic) bond motifs is 1. The molecule has 0 aliphatic rings. The van der Waals surface area contributed by atoms with Crippen LogP contribution < -0.4 is 10.4 Å². The van der Waals surface area contributed by atoms with Crippen LogP contribution in [0.5, 0.6) is 5.75 Å². The lowest BCUT2D eigenvalue weighted by molar-refractivity contribution is -0.136. The number of ether oxygens (including phenoxy) is 1. The van der Waals surface area contributed by atoms with Crippen LogP contribution in [-0.4, -0.2) is 0 Å². The number of furan rings is 1. The Labute approximate surface area is 121 Å². The molecule has 3 aromatic rings. The Balaban J connectivity index is 1.98. The predicted octanol–water partition coefficient (Wildman–Crippen LogP) is 3.98. The molecule has 0 saturated carbocycles. The molecule has 0 aliphatic heterocycles. The molecule has 0 spiro atoms. The number of halogens is 3. The zero-order chi connectivity index (χ0) is 15.7. The Morgan fingerprint density at radius 3 is 2.64 bits per heavy atom. The first kappa shape index (κ1) is 14.2. The van der Waals surface area contributed by atoms with Crippen LogP contribution in [0.4, 0.5) is 13.2 Å². The first-order valence-corrected chi connectivity index (χ1v) is 6.24. The van der Waals surface area contributed by atoms with Crippen molar-refractivity contribution in [3.05, 3.63) is 64.4 Å². The molecule has 0 bridgehead atoms. The van der Waals surface area contributed by atoms with Gasteiger partial charge in [0, 0.05) is 17.5 Å². The minimum absolute atomic E-state index is 0.113. The second-order valence-electron chi connectivity index (χ2n) is 4.50. The van der Waals surface area contributed by atoms with Crippen LogP contribution in [0.25, 0.3) is 11.0 Å². The third kappa shape index (κ3) is 2.83. The standard InChI is InChI=1S/C15H9F3O4/c16-15(17,18)12-7-14(19)22-13-6-9(3-4-11(12)13)21-8-10-2-1-5-20-10/h1-7H,8H2. The number of benzene rings is 1. The van der Waals surface area contributed by atoms with Crippen LogP contribution in [-0.2, 0) is 12.8 Å². The molecule has 0 atom stereocenters. The molecular weight excluding hydrogens is 301 g/mol. The summed E-state index contributed by atoms with van der Waals surface area (Å²) in [4.78, 5) is 11.3. The molecule has 0 amide bonds. The molecule has 114 valence electrons. The van der Waals surface area contributed by atoms with Crippen molar-refractivity contribution in [3.8, 4) is 5.75 Å². The first-order valence-electron chi connectivity index (χ1n) is 6.24. The fraction of sp³-hybridized carbons (Fsp3) is 0.133. The summed E-state index contributed by atoms with van der Waals surface area (Å²) < 4.78 is 54.0. The van der Waals surface area contributed by atoms with Crippen molar-refractivity contribution in [2.45, 2.75) is 12.8 Å². The highest BCUT2D eigenvalue weighted by atomic mass is 19.4. The van der Waals surface area contributed by atoms with Gasteiger partial charge in [-0.3, -0.25) is 0 Å². The second-order valence-corrected chi connectivity index (χ2v) is 4.50. The molecule has 0 fully saturated rings. The summed E-state index contributed by atoms with van der Waals surface area (Å²) in [5, 5.41) is -0.197. The van der Waals surface area contributed by atoms with Gasteiger partial charge in [-0.1, -0.05) is 0 Å². The number of hydrogen-bond acceptors (Lipinski definition) is 4. The van der Waals surface area contributed by atoms with E-state index in [0.29, 0.717) is 11.8 Å². The molecule has 0 aliphatic carbocycles. The summed E-state index contributed by atoms with van der Waals surface area (Å²) in [6, 6.07) is 7.65. The van der Waals surface area contributed by atoms with Crippen molar-refractivity contribution in [2.75, 3.05) is 0 Å². The molecule has 7 heteroatoms. The summed E-state index contributed by atoms with van der Waals surface area (Å²) in [6.45, 7) is 0.113. The third-order valence-electron chi connectivity index (χ3n) is 2.98. The van der Waals surface area contributed by atoms with Gasteiger partial charge < -0.3 is 13.6 Å².